The molecule has 0 N–H and O–H groups in total. The topological polar surface area (TPSA) is 29.5 Å². The largest absolute Gasteiger partial charge is 0.383 e. The van der Waals surface area contributed by atoms with E-state index in [9.17, 15) is 9.18 Å². The Balaban J connectivity index is 1.91. The summed E-state index contributed by atoms with van der Waals surface area (Å²) in [7, 11) is 1.68. The fraction of sp³-hybridized carbons (Fsp3) is 0.588. The first-order valence-corrected chi connectivity index (χ1v) is 7.64. The summed E-state index contributed by atoms with van der Waals surface area (Å²) < 4.78 is 18.8. The van der Waals surface area contributed by atoms with Gasteiger partial charge in [0.05, 0.1) is 12.2 Å². The van der Waals surface area contributed by atoms with Crippen LogP contribution in [0.4, 0.5) is 4.39 Å². The van der Waals surface area contributed by atoms with Gasteiger partial charge < -0.3 is 4.74 Å². The standard InChI is InChI=1S/C17H24FNO2/c1-13(14-7-8-14)19(11-12-21-2)10-9-17(20)15-5-3-4-6-16(15)18/h3-6,13-14H,7-12H2,1-2H3. The maximum Gasteiger partial charge on any atom is 0.167 e. The fourth-order valence-electron chi connectivity index (χ4n) is 2.67. The van der Waals surface area contributed by atoms with E-state index in [2.05, 4.69) is 11.8 Å². The zero-order valence-corrected chi connectivity index (χ0v) is 12.8. The molecule has 1 saturated carbocycles. The Bertz CT molecular complexity index is 474. The molecule has 0 saturated heterocycles. The highest BCUT2D eigenvalue weighted by Gasteiger charge is 2.31. The lowest BCUT2D eigenvalue weighted by Gasteiger charge is -2.28. The maximum absolute atomic E-state index is 13.6. The van der Waals surface area contributed by atoms with Crippen molar-refractivity contribution < 1.29 is 13.9 Å². The Morgan fingerprint density at radius 3 is 2.71 bits per heavy atom. The molecular weight excluding hydrogens is 269 g/mol. The molecule has 1 fully saturated rings. The summed E-state index contributed by atoms with van der Waals surface area (Å²) in [4.78, 5) is 14.4. The van der Waals surface area contributed by atoms with Crippen molar-refractivity contribution in [2.45, 2.75) is 32.2 Å². The smallest absolute Gasteiger partial charge is 0.167 e. The molecule has 0 amide bonds. The molecule has 0 heterocycles. The van der Waals surface area contributed by atoms with Crippen molar-refractivity contribution in [3.05, 3.63) is 35.6 Å². The Kier molecular flexibility index (Phi) is 5.88. The monoisotopic (exact) mass is 293 g/mol. The van der Waals surface area contributed by atoms with Gasteiger partial charge in [0.15, 0.2) is 5.78 Å². The van der Waals surface area contributed by atoms with E-state index in [-0.39, 0.29) is 11.3 Å². The summed E-state index contributed by atoms with van der Waals surface area (Å²) in [6, 6.07) is 6.66. The van der Waals surface area contributed by atoms with Crippen molar-refractivity contribution in [2.24, 2.45) is 5.92 Å². The van der Waals surface area contributed by atoms with E-state index in [0.29, 0.717) is 25.6 Å². The highest BCUT2D eigenvalue weighted by molar-refractivity contribution is 5.96. The molecule has 1 atom stereocenters. The van der Waals surface area contributed by atoms with Crippen molar-refractivity contribution >= 4 is 5.78 Å². The van der Waals surface area contributed by atoms with Crippen LogP contribution in [0.2, 0.25) is 0 Å². The van der Waals surface area contributed by atoms with Gasteiger partial charge in [-0.1, -0.05) is 12.1 Å². The van der Waals surface area contributed by atoms with Crippen LogP contribution in [0.5, 0.6) is 0 Å². The van der Waals surface area contributed by atoms with Gasteiger partial charge in [0.2, 0.25) is 0 Å². The molecule has 0 aromatic heterocycles. The van der Waals surface area contributed by atoms with Crippen molar-refractivity contribution in [3.63, 3.8) is 0 Å². The maximum atomic E-state index is 13.6. The number of hydrogen-bond acceptors (Lipinski definition) is 3. The van der Waals surface area contributed by atoms with Crippen molar-refractivity contribution in [2.75, 3.05) is 26.8 Å². The lowest BCUT2D eigenvalue weighted by atomic mass is 10.1. The highest BCUT2D eigenvalue weighted by atomic mass is 19.1. The molecule has 116 valence electrons. The van der Waals surface area contributed by atoms with E-state index in [0.717, 1.165) is 12.5 Å². The number of ether oxygens (including phenoxy) is 1. The van der Waals surface area contributed by atoms with Crippen LogP contribution in [0.3, 0.4) is 0 Å². The molecule has 1 aromatic rings. The second kappa shape index (κ2) is 7.66. The summed E-state index contributed by atoms with van der Waals surface area (Å²) in [5.41, 5.74) is 0.197. The first-order chi connectivity index (χ1) is 10.1. The van der Waals surface area contributed by atoms with E-state index in [1.165, 1.54) is 18.9 Å². The number of benzene rings is 1. The number of Topliss-reactive ketones (excluding diaryl/α,β-unsaturated/α-hetero) is 1. The molecule has 21 heavy (non-hydrogen) atoms. The first kappa shape index (κ1) is 16.1. The minimum Gasteiger partial charge on any atom is -0.383 e. The van der Waals surface area contributed by atoms with Crippen LogP contribution < -0.4 is 0 Å². The third-order valence-electron chi connectivity index (χ3n) is 4.26. The summed E-state index contributed by atoms with van der Waals surface area (Å²) in [6.45, 7) is 4.35. The van der Waals surface area contributed by atoms with Gasteiger partial charge in [-0.15, -0.1) is 0 Å². The van der Waals surface area contributed by atoms with Gasteiger partial charge in [0.25, 0.3) is 0 Å². The average Bonchev–Trinajstić information content (AvgIpc) is 3.31. The molecule has 3 nitrogen and oxygen atoms in total. The third-order valence-corrected chi connectivity index (χ3v) is 4.26. The molecule has 2 rings (SSSR count). The molecule has 1 aliphatic rings. The van der Waals surface area contributed by atoms with Gasteiger partial charge >= 0.3 is 0 Å². The molecule has 0 spiro atoms. The number of carbonyl (C=O) groups is 1. The summed E-state index contributed by atoms with van der Waals surface area (Å²) in [5.74, 6) is 0.185. The van der Waals surface area contributed by atoms with Crippen LogP contribution in [0, 0.1) is 11.7 Å². The van der Waals surface area contributed by atoms with Crippen LogP contribution in [-0.4, -0.2) is 43.5 Å². The number of ketones is 1. The Morgan fingerprint density at radius 2 is 2.10 bits per heavy atom. The molecule has 0 aliphatic heterocycles. The van der Waals surface area contributed by atoms with Crippen molar-refractivity contribution in [3.8, 4) is 0 Å². The van der Waals surface area contributed by atoms with Crippen LogP contribution >= 0.6 is 0 Å². The van der Waals surface area contributed by atoms with Crippen molar-refractivity contribution in [1.82, 2.24) is 4.90 Å². The predicted molar refractivity (Wildman–Crippen MR) is 81.0 cm³/mol. The molecular formula is C17H24FNO2. The van der Waals surface area contributed by atoms with Gasteiger partial charge in [-0.2, -0.15) is 0 Å². The van der Waals surface area contributed by atoms with E-state index in [4.69, 9.17) is 4.74 Å². The van der Waals surface area contributed by atoms with Gasteiger partial charge in [0, 0.05) is 32.7 Å². The van der Waals surface area contributed by atoms with E-state index < -0.39 is 5.82 Å². The third kappa shape index (κ3) is 4.61. The summed E-state index contributed by atoms with van der Waals surface area (Å²) >= 11 is 0. The lowest BCUT2D eigenvalue weighted by molar-refractivity contribution is 0.0899. The molecule has 1 aliphatic carbocycles. The number of rotatable bonds is 9. The highest BCUT2D eigenvalue weighted by Crippen LogP contribution is 2.35. The van der Waals surface area contributed by atoms with Crippen molar-refractivity contribution in [1.29, 1.82) is 0 Å². The number of hydrogen-bond donors (Lipinski definition) is 0. The molecule has 0 bridgehead atoms. The SMILES string of the molecule is COCCN(CCC(=O)c1ccccc1F)C(C)C1CC1. The lowest BCUT2D eigenvalue weighted by Crippen LogP contribution is -2.38. The first-order valence-electron chi connectivity index (χ1n) is 7.64. The predicted octanol–water partition coefficient (Wildman–Crippen LogP) is 3.15. The zero-order valence-electron chi connectivity index (χ0n) is 12.8. The van der Waals surface area contributed by atoms with Gasteiger partial charge in [-0.05, 0) is 37.8 Å². The molecule has 0 radical (unpaired) electrons. The normalized spacial score (nSPS) is 16.2. The van der Waals surface area contributed by atoms with Crippen LogP contribution in [0.1, 0.15) is 36.5 Å². The Morgan fingerprint density at radius 1 is 1.38 bits per heavy atom. The Hall–Kier alpha value is -1.26. The minimum absolute atomic E-state index is 0.126. The second-order valence-corrected chi connectivity index (χ2v) is 5.76. The van der Waals surface area contributed by atoms with Gasteiger partial charge in [0.1, 0.15) is 5.82 Å². The minimum atomic E-state index is -0.429. The van der Waals surface area contributed by atoms with Crippen LogP contribution in [-0.2, 0) is 4.74 Å². The number of carbonyl (C=O) groups excluding carboxylic acids is 1. The molecule has 1 aromatic carbocycles. The molecule has 1 unspecified atom stereocenters. The zero-order chi connectivity index (χ0) is 15.2. The quantitative estimate of drug-likeness (QED) is 0.655. The average molecular weight is 293 g/mol. The second-order valence-electron chi connectivity index (χ2n) is 5.76. The van der Waals surface area contributed by atoms with Gasteiger partial charge in [-0.3, -0.25) is 9.69 Å². The van der Waals surface area contributed by atoms with E-state index >= 15 is 0 Å². The van der Waals surface area contributed by atoms with Gasteiger partial charge in [-0.25, -0.2) is 4.39 Å². The fourth-order valence-corrected chi connectivity index (χ4v) is 2.67. The van der Waals surface area contributed by atoms with E-state index in [1.54, 1.807) is 25.3 Å². The number of halogens is 1. The molecule has 4 heteroatoms. The Labute approximate surface area is 126 Å². The summed E-state index contributed by atoms with van der Waals surface area (Å²) in [6.07, 6.45) is 2.89. The van der Waals surface area contributed by atoms with Crippen LogP contribution in [0.25, 0.3) is 0 Å². The number of methoxy groups -OCH3 is 1. The number of nitrogens with zero attached hydrogens (tertiary/aromatic N) is 1. The van der Waals surface area contributed by atoms with Crippen LogP contribution in [0.15, 0.2) is 24.3 Å². The summed E-state index contributed by atoms with van der Waals surface area (Å²) in [5, 5.41) is 0. The van der Waals surface area contributed by atoms with E-state index in [1.807, 2.05) is 0 Å².